The van der Waals surface area contributed by atoms with Crippen molar-refractivity contribution in [1.29, 1.82) is 0 Å². The largest absolute Gasteiger partial charge is 0.344 e. The molecule has 16 heavy (non-hydrogen) atoms. The van der Waals surface area contributed by atoms with E-state index in [0.717, 1.165) is 6.54 Å². The lowest BCUT2D eigenvalue weighted by Crippen LogP contribution is -2.02. The molecule has 1 aromatic carbocycles. The molecule has 1 aliphatic rings. The predicted molar refractivity (Wildman–Crippen MR) is 69.7 cm³/mol. The zero-order valence-electron chi connectivity index (χ0n) is 9.96. The highest BCUT2D eigenvalue weighted by Gasteiger charge is 2.15. The summed E-state index contributed by atoms with van der Waals surface area (Å²) in [6, 6.07) is 6.79. The Balaban J connectivity index is 2.42. The minimum absolute atomic E-state index is 1.07. The Bertz CT molecular complexity index is 573. The summed E-state index contributed by atoms with van der Waals surface area (Å²) in [7, 11) is 0. The van der Waals surface area contributed by atoms with E-state index in [2.05, 4.69) is 48.8 Å². The van der Waals surface area contributed by atoms with Gasteiger partial charge in [-0.05, 0) is 38.3 Å². The smallest absolute Gasteiger partial charge is 0.0491 e. The molecule has 0 N–H and O–H groups in total. The predicted octanol–water partition coefficient (Wildman–Crippen LogP) is 3.93. The lowest BCUT2D eigenvalue weighted by molar-refractivity contribution is 0.728. The number of rotatable bonds is 1. The average Bonchev–Trinajstić information content (AvgIpc) is 2.61. The average molecular weight is 211 g/mol. The van der Waals surface area contributed by atoms with Crippen LogP contribution in [0.15, 0.2) is 24.3 Å². The molecule has 0 fully saturated rings. The van der Waals surface area contributed by atoms with Crippen molar-refractivity contribution in [3.05, 3.63) is 41.1 Å². The number of aryl methyl sites for hydroxylation is 2. The maximum atomic E-state index is 2.47. The second kappa shape index (κ2) is 3.51. The summed E-state index contributed by atoms with van der Waals surface area (Å²) >= 11 is 0. The molecule has 0 saturated carbocycles. The van der Waals surface area contributed by atoms with E-state index < -0.39 is 0 Å². The molecule has 0 spiro atoms. The first kappa shape index (κ1) is 9.71. The van der Waals surface area contributed by atoms with Crippen molar-refractivity contribution in [2.75, 3.05) is 0 Å². The van der Waals surface area contributed by atoms with Crippen LogP contribution in [0.3, 0.4) is 0 Å². The van der Waals surface area contributed by atoms with Crippen molar-refractivity contribution in [2.24, 2.45) is 0 Å². The molecule has 1 aliphatic carbocycles. The number of hydrogen-bond acceptors (Lipinski definition) is 0. The fourth-order valence-corrected chi connectivity index (χ4v) is 2.78. The molecule has 1 heterocycles. The zero-order valence-corrected chi connectivity index (χ0v) is 9.96. The second-order valence-electron chi connectivity index (χ2n) is 4.57. The van der Waals surface area contributed by atoms with Gasteiger partial charge in [-0.25, -0.2) is 0 Å². The van der Waals surface area contributed by atoms with Gasteiger partial charge in [-0.3, -0.25) is 0 Å². The minimum atomic E-state index is 1.07. The first-order chi connectivity index (χ1) is 7.81. The van der Waals surface area contributed by atoms with Gasteiger partial charge in [-0.1, -0.05) is 24.3 Å². The molecule has 3 rings (SSSR count). The molecular weight excluding hydrogens is 194 g/mol. The molecule has 0 radical (unpaired) electrons. The summed E-state index contributed by atoms with van der Waals surface area (Å²) in [5.74, 6) is 0. The van der Waals surface area contributed by atoms with Crippen LogP contribution in [0, 0.1) is 6.92 Å². The van der Waals surface area contributed by atoms with Gasteiger partial charge < -0.3 is 4.57 Å². The minimum Gasteiger partial charge on any atom is -0.344 e. The molecule has 0 saturated heterocycles. The van der Waals surface area contributed by atoms with E-state index in [1.807, 2.05) is 0 Å². The molecule has 82 valence electrons. The van der Waals surface area contributed by atoms with Gasteiger partial charge in [-0.2, -0.15) is 0 Å². The Morgan fingerprint density at radius 2 is 2.19 bits per heavy atom. The number of fused-ring (bicyclic) bond motifs is 3. The van der Waals surface area contributed by atoms with Gasteiger partial charge in [-0.15, -0.1) is 0 Å². The third-order valence-electron chi connectivity index (χ3n) is 3.52. The number of nitrogens with zero attached hydrogens (tertiary/aromatic N) is 1. The normalized spacial score (nSPS) is 14.4. The molecule has 0 amide bonds. The summed E-state index contributed by atoms with van der Waals surface area (Å²) in [4.78, 5) is 0. The van der Waals surface area contributed by atoms with Gasteiger partial charge in [0.2, 0.25) is 0 Å². The van der Waals surface area contributed by atoms with Crippen molar-refractivity contribution >= 4 is 17.0 Å². The fraction of sp³-hybridized carbons (Fsp3) is 0.333. The van der Waals surface area contributed by atoms with Gasteiger partial charge in [0.1, 0.15) is 0 Å². The quantitative estimate of drug-likeness (QED) is 0.673. The Kier molecular flexibility index (Phi) is 2.13. The highest BCUT2D eigenvalue weighted by molar-refractivity contribution is 5.92. The van der Waals surface area contributed by atoms with E-state index in [-0.39, 0.29) is 0 Å². The molecule has 2 aromatic rings. The van der Waals surface area contributed by atoms with E-state index in [1.54, 1.807) is 0 Å². The van der Waals surface area contributed by atoms with Crippen molar-refractivity contribution < 1.29 is 0 Å². The van der Waals surface area contributed by atoms with E-state index in [0.29, 0.717) is 0 Å². The summed E-state index contributed by atoms with van der Waals surface area (Å²) in [6.07, 6.45) is 6.96. The maximum Gasteiger partial charge on any atom is 0.0491 e. The number of benzene rings is 1. The third kappa shape index (κ3) is 1.24. The van der Waals surface area contributed by atoms with Crippen molar-refractivity contribution in [3.8, 4) is 0 Å². The lowest BCUT2D eigenvalue weighted by atomic mass is 10.0. The van der Waals surface area contributed by atoms with Gasteiger partial charge in [0.05, 0.1) is 0 Å². The van der Waals surface area contributed by atoms with Crippen LogP contribution in [-0.2, 0) is 13.0 Å². The zero-order chi connectivity index (χ0) is 11.1. The fourth-order valence-electron chi connectivity index (χ4n) is 2.78. The van der Waals surface area contributed by atoms with Crippen molar-refractivity contribution in [2.45, 2.75) is 33.2 Å². The number of hydrogen-bond donors (Lipinski definition) is 0. The van der Waals surface area contributed by atoms with Crippen LogP contribution in [0.4, 0.5) is 0 Å². The molecule has 0 bridgehead atoms. The Labute approximate surface area is 96.4 Å². The standard InChI is InChI=1S/C15H17N/c1-3-16-14-7-5-4-6-12(14)13-9-8-11(2)10-15(13)16/h4,6,8-10H,3,5,7H2,1-2H3. The first-order valence-corrected chi connectivity index (χ1v) is 6.09. The lowest BCUT2D eigenvalue weighted by Gasteiger charge is -2.10. The highest BCUT2D eigenvalue weighted by Crippen LogP contribution is 2.31. The van der Waals surface area contributed by atoms with Gasteiger partial charge in [0, 0.05) is 28.7 Å². The van der Waals surface area contributed by atoms with Gasteiger partial charge in [0.25, 0.3) is 0 Å². The molecule has 1 heteroatoms. The maximum absolute atomic E-state index is 2.47. The van der Waals surface area contributed by atoms with Crippen LogP contribution in [0.5, 0.6) is 0 Å². The van der Waals surface area contributed by atoms with Crippen LogP contribution < -0.4 is 0 Å². The van der Waals surface area contributed by atoms with Crippen LogP contribution in [0.25, 0.3) is 17.0 Å². The third-order valence-corrected chi connectivity index (χ3v) is 3.52. The summed E-state index contributed by atoms with van der Waals surface area (Å²) in [5.41, 5.74) is 5.72. The van der Waals surface area contributed by atoms with E-state index in [1.165, 1.54) is 40.6 Å². The summed E-state index contributed by atoms with van der Waals surface area (Å²) < 4.78 is 2.47. The molecule has 1 aromatic heterocycles. The Morgan fingerprint density at radius 3 is 3.00 bits per heavy atom. The molecule has 0 aliphatic heterocycles. The van der Waals surface area contributed by atoms with Crippen LogP contribution in [0.1, 0.15) is 30.2 Å². The van der Waals surface area contributed by atoms with E-state index >= 15 is 0 Å². The second-order valence-corrected chi connectivity index (χ2v) is 4.57. The van der Waals surface area contributed by atoms with Gasteiger partial charge >= 0.3 is 0 Å². The number of aromatic nitrogens is 1. The van der Waals surface area contributed by atoms with Crippen molar-refractivity contribution in [1.82, 2.24) is 4.57 Å². The number of allylic oxidation sites excluding steroid dienone is 1. The summed E-state index contributed by atoms with van der Waals surface area (Å²) in [5, 5.41) is 1.42. The van der Waals surface area contributed by atoms with E-state index in [9.17, 15) is 0 Å². The summed E-state index contributed by atoms with van der Waals surface area (Å²) in [6.45, 7) is 5.48. The molecule has 0 atom stereocenters. The monoisotopic (exact) mass is 211 g/mol. The molecular formula is C15H17N. The van der Waals surface area contributed by atoms with Gasteiger partial charge in [0.15, 0.2) is 0 Å². The SMILES string of the molecule is CCn1c2c(c3ccc(C)cc31)C=CCC2. The first-order valence-electron chi connectivity index (χ1n) is 6.09. The van der Waals surface area contributed by atoms with Crippen LogP contribution in [-0.4, -0.2) is 4.57 Å². The highest BCUT2D eigenvalue weighted by atomic mass is 15.0. The van der Waals surface area contributed by atoms with Crippen LogP contribution >= 0.6 is 0 Å². The Hall–Kier alpha value is -1.50. The molecule has 0 unspecified atom stereocenters. The van der Waals surface area contributed by atoms with Crippen molar-refractivity contribution in [3.63, 3.8) is 0 Å². The Morgan fingerprint density at radius 1 is 1.31 bits per heavy atom. The van der Waals surface area contributed by atoms with E-state index in [4.69, 9.17) is 0 Å². The molecule has 1 nitrogen and oxygen atoms in total. The van der Waals surface area contributed by atoms with Crippen LogP contribution in [0.2, 0.25) is 0 Å². The topological polar surface area (TPSA) is 4.93 Å².